The van der Waals surface area contributed by atoms with Crippen LogP contribution >= 0.6 is 0 Å². The number of hydrogen-bond donors (Lipinski definition) is 1. The molecule has 0 saturated carbocycles. The van der Waals surface area contributed by atoms with E-state index in [1.165, 1.54) is 6.42 Å². The van der Waals surface area contributed by atoms with Crippen molar-refractivity contribution < 1.29 is 4.79 Å². The highest BCUT2D eigenvalue weighted by Crippen LogP contribution is 2.25. The number of carbonyl (C=O) groups excluding carboxylic acids is 1. The Morgan fingerprint density at radius 2 is 2.36 bits per heavy atom. The van der Waals surface area contributed by atoms with Gasteiger partial charge in [-0.3, -0.25) is 4.79 Å². The Balaban J connectivity index is 2.08. The second kappa shape index (κ2) is 2.48. The molecule has 3 heteroatoms. The zero-order valence-corrected chi connectivity index (χ0v) is 6.84. The zero-order valence-electron chi connectivity index (χ0n) is 6.84. The van der Waals surface area contributed by atoms with Gasteiger partial charge in [0.1, 0.15) is 0 Å². The van der Waals surface area contributed by atoms with Crippen LogP contribution < -0.4 is 5.32 Å². The minimum Gasteiger partial charge on any atom is -0.338 e. The summed E-state index contributed by atoms with van der Waals surface area (Å²) in [7, 11) is 0. The van der Waals surface area contributed by atoms with Crippen molar-refractivity contribution in [3.63, 3.8) is 0 Å². The summed E-state index contributed by atoms with van der Waals surface area (Å²) >= 11 is 0. The van der Waals surface area contributed by atoms with E-state index in [0.29, 0.717) is 6.04 Å². The van der Waals surface area contributed by atoms with E-state index in [2.05, 4.69) is 5.32 Å². The maximum absolute atomic E-state index is 11.1. The molecule has 0 aliphatic carbocycles. The van der Waals surface area contributed by atoms with Crippen LogP contribution in [0.25, 0.3) is 0 Å². The molecule has 2 heterocycles. The molecule has 2 saturated heterocycles. The van der Waals surface area contributed by atoms with E-state index >= 15 is 0 Å². The molecule has 2 bridgehead atoms. The molecule has 2 fully saturated rings. The van der Waals surface area contributed by atoms with E-state index < -0.39 is 0 Å². The second-order valence-electron chi connectivity index (χ2n) is 3.59. The summed E-state index contributed by atoms with van der Waals surface area (Å²) in [6.45, 7) is 4.74. The molecule has 1 N–H and O–H groups in total. The van der Waals surface area contributed by atoms with Crippen LogP contribution in [0.1, 0.15) is 13.3 Å². The Kier molecular flexibility index (Phi) is 1.60. The third-order valence-electron chi connectivity index (χ3n) is 2.72. The van der Waals surface area contributed by atoms with E-state index in [-0.39, 0.29) is 5.91 Å². The molecule has 2 atom stereocenters. The van der Waals surface area contributed by atoms with E-state index in [1.54, 1.807) is 6.92 Å². The fraction of sp³-hybridized carbons (Fsp3) is 0.875. The maximum atomic E-state index is 11.1. The Bertz CT molecular complexity index is 181. The Morgan fingerprint density at radius 3 is 3.00 bits per heavy atom. The maximum Gasteiger partial charge on any atom is 0.219 e. The van der Waals surface area contributed by atoms with Gasteiger partial charge in [0.2, 0.25) is 5.91 Å². The average Bonchev–Trinajstić information content (AvgIpc) is 2.27. The van der Waals surface area contributed by atoms with Crippen LogP contribution in [-0.4, -0.2) is 36.5 Å². The Labute approximate surface area is 66.8 Å². The molecule has 11 heavy (non-hydrogen) atoms. The van der Waals surface area contributed by atoms with Crippen molar-refractivity contribution in [2.75, 3.05) is 19.6 Å². The summed E-state index contributed by atoms with van der Waals surface area (Å²) < 4.78 is 0. The van der Waals surface area contributed by atoms with Crippen molar-refractivity contribution in [2.24, 2.45) is 5.92 Å². The molecule has 62 valence electrons. The monoisotopic (exact) mass is 154 g/mol. The van der Waals surface area contributed by atoms with Gasteiger partial charge in [-0.2, -0.15) is 0 Å². The van der Waals surface area contributed by atoms with Crippen LogP contribution in [-0.2, 0) is 4.79 Å². The number of piperidine rings is 1. The van der Waals surface area contributed by atoms with Gasteiger partial charge in [0.15, 0.2) is 0 Å². The van der Waals surface area contributed by atoms with Gasteiger partial charge < -0.3 is 10.2 Å². The van der Waals surface area contributed by atoms with Crippen LogP contribution in [0.3, 0.4) is 0 Å². The van der Waals surface area contributed by atoms with Gasteiger partial charge in [-0.25, -0.2) is 0 Å². The summed E-state index contributed by atoms with van der Waals surface area (Å²) in [4.78, 5) is 13.1. The third kappa shape index (κ3) is 1.13. The van der Waals surface area contributed by atoms with Crippen LogP contribution in [0.5, 0.6) is 0 Å². The number of hydrogen-bond acceptors (Lipinski definition) is 2. The SMILES string of the molecule is CC(=O)N1C[C@H]2CNCC1C2. The molecule has 0 spiro atoms. The summed E-state index contributed by atoms with van der Waals surface area (Å²) in [6, 6.07) is 0.492. The number of likely N-dealkylation sites (tertiary alicyclic amines) is 1. The first-order chi connectivity index (χ1) is 5.27. The quantitative estimate of drug-likeness (QED) is 0.525. The van der Waals surface area contributed by atoms with Crippen molar-refractivity contribution in [1.82, 2.24) is 10.2 Å². The molecule has 0 radical (unpaired) electrons. The normalized spacial score (nSPS) is 35.9. The lowest BCUT2D eigenvalue weighted by Crippen LogP contribution is -2.40. The van der Waals surface area contributed by atoms with Gasteiger partial charge >= 0.3 is 0 Å². The molecule has 2 aliphatic heterocycles. The topological polar surface area (TPSA) is 32.3 Å². The largest absolute Gasteiger partial charge is 0.338 e. The fourth-order valence-corrected chi connectivity index (χ4v) is 2.19. The molecule has 3 nitrogen and oxygen atoms in total. The minimum absolute atomic E-state index is 0.237. The van der Waals surface area contributed by atoms with Crippen molar-refractivity contribution >= 4 is 5.91 Å². The van der Waals surface area contributed by atoms with Crippen LogP contribution in [0.4, 0.5) is 0 Å². The van der Waals surface area contributed by atoms with Gasteiger partial charge in [-0.05, 0) is 18.9 Å². The smallest absolute Gasteiger partial charge is 0.219 e. The number of fused-ring (bicyclic) bond motifs is 2. The van der Waals surface area contributed by atoms with Crippen LogP contribution in [0.2, 0.25) is 0 Å². The van der Waals surface area contributed by atoms with E-state index in [0.717, 1.165) is 25.6 Å². The van der Waals surface area contributed by atoms with Gasteiger partial charge in [-0.1, -0.05) is 0 Å². The Morgan fingerprint density at radius 1 is 1.55 bits per heavy atom. The first-order valence-corrected chi connectivity index (χ1v) is 4.25. The first-order valence-electron chi connectivity index (χ1n) is 4.25. The summed E-state index contributed by atoms with van der Waals surface area (Å²) in [5.41, 5.74) is 0. The lowest BCUT2D eigenvalue weighted by molar-refractivity contribution is -0.129. The molecule has 0 aromatic carbocycles. The highest BCUT2D eigenvalue weighted by atomic mass is 16.2. The van der Waals surface area contributed by atoms with E-state index in [1.807, 2.05) is 4.90 Å². The first kappa shape index (κ1) is 7.10. The van der Waals surface area contributed by atoms with Crippen molar-refractivity contribution in [1.29, 1.82) is 0 Å². The summed E-state index contributed by atoms with van der Waals surface area (Å²) in [6.07, 6.45) is 1.21. The molecular weight excluding hydrogens is 140 g/mol. The third-order valence-corrected chi connectivity index (χ3v) is 2.72. The van der Waals surface area contributed by atoms with Gasteiger partial charge in [0.25, 0.3) is 0 Å². The number of amides is 1. The summed E-state index contributed by atoms with van der Waals surface area (Å²) in [5.74, 6) is 0.957. The molecule has 0 aromatic rings. The lowest BCUT2D eigenvalue weighted by atomic mass is 10.0. The molecule has 1 amide bonds. The van der Waals surface area contributed by atoms with Crippen LogP contribution in [0, 0.1) is 5.92 Å². The number of nitrogens with one attached hydrogen (secondary N) is 1. The second-order valence-corrected chi connectivity index (χ2v) is 3.59. The van der Waals surface area contributed by atoms with Gasteiger partial charge in [0.05, 0.1) is 0 Å². The van der Waals surface area contributed by atoms with Crippen molar-refractivity contribution in [2.45, 2.75) is 19.4 Å². The predicted octanol–water partition coefficient (Wildman–Crippen LogP) is -0.173. The molecule has 0 aromatic heterocycles. The predicted molar refractivity (Wildman–Crippen MR) is 42.2 cm³/mol. The molecular formula is C8H14N2O. The standard InChI is InChI=1S/C8H14N2O/c1-6(11)10-5-7-2-8(10)4-9-3-7/h7-9H,2-5H2,1H3/t7-,8?/m1/s1. The molecule has 2 aliphatic rings. The van der Waals surface area contributed by atoms with E-state index in [4.69, 9.17) is 0 Å². The van der Waals surface area contributed by atoms with Gasteiger partial charge in [-0.15, -0.1) is 0 Å². The highest BCUT2D eigenvalue weighted by molar-refractivity contribution is 5.74. The number of carbonyl (C=O) groups is 1. The Hall–Kier alpha value is -0.570. The minimum atomic E-state index is 0.237. The summed E-state index contributed by atoms with van der Waals surface area (Å²) in [5, 5.41) is 3.34. The zero-order chi connectivity index (χ0) is 7.84. The fourth-order valence-electron chi connectivity index (χ4n) is 2.19. The highest BCUT2D eigenvalue weighted by Gasteiger charge is 2.35. The van der Waals surface area contributed by atoms with Crippen molar-refractivity contribution in [3.05, 3.63) is 0 Å². The van der Waals surface area contributed by atoms with Gasteiger partial charge in [0, 0.05) is 26.1 Å². The van der Waals surface area contributed by atoms with E-state index in [9.17, 15) is 4.79 Å². The van der Waals surface area contributed by atoms with Crippen molar-refractivity contribution in [3.8, 4) is 0 Å². The average molecular weight is 154 g/mol. The lowest BCUT2D eigenvalue weighted by Gasteiger charge is -2.23. The molecule has 1 unspecified atom stereocenters. The number of nitrogens with zero attached hydrogens (tertiary/aromatic N) is 1. The number of rotatable bonds is 0. The van der Waals surface area contributed by atoms with Crippen LogP contribution in [0.15, 0.2) is 0 Å². The molecule has 2 rings (SSSR count).